The number of anilines is 2. The average Bonchev–Trinajstić information content (AvgIpc) is 3.31. The Labute approximate surface area is 243 Å². The fourth-order valence-electron chi connectivity index (χ4n) is 5.39. The van der Waals surface area contributed by atoms with Gasteiger partial charge in [-0.05, 0) is 82.9 Å². The van der Waals surface area contributed by atoms with Crippen LogP contribution in [-0.2, 0) is 0 Å². The number of hydrogen-bond acceptors (Lipinski definition) is 1. The first kappa shape index (κ1) is 24.5. The van der Waals surface area contributed by atoms with Crippen LogP contribution in [-0.4, -0.2) is 4.57 Å². The maximum Gasteiger partial charge on any atom is 0.0703 e. The SMILES string of the molecule is Clc1ccc2c(c1)c1cc(Cl)ccc1n2-c1cc(-c2ccccc2)ccc1Nc1ccc(-c2ccccc2)cc1. The Kier molecular flexibility index (Phi) is 6.28. The average molecular weight is 556 g/mol. The van der Waals surface area contributed by atoms with Crippen LogP contribution in [0, 0.1) is 0 Å². The predicted octanol–water partition coefficient (Wildman–Crippen LogP) is 11.2. The van der Waals surface area contributed by atoms with Crippen LogP contribution in [0.3, 0.4) is 0 Å². The number of fused-ring (bicyclic) bond motifs is 3. The number of aromatic nitrogens is 1. The fourth-order valence-corrected chi connectivity index (χ4v) is 5.74. The molecule has 0 aliphatic rings. The Morgan fingerprint density at radius 1 is 0.450 bits per heavy atom. The molecule has 0 bridgehead atoms. The molecule has 2 nitrogen and oxygen atoms in total. The highest BCUT2D eigenvalue weighted by molar-refractivity contribution is 6.33. The molecule has 192 valence electrons. The molecule has 1 N–H and O–H groups in total. The largest absolute Gasteiger partial charge is 0.354 e. The van der Waals surface area contributed by atoms with Crippen molar-refractivity contribution in [2.24, 2.45) is 0 Å². The Balaban J connectivity index is 1.41. The van der Waals surface area contributed by atoms with Crippen LogP contribution in [0.25, 0.3) is 49.7 Å². The van der Waals surface area contributed by atoms with E-state index in [4.69, 9.17) is 23.2 Å². The summed E-state index contributed by atoms with van der Waals surface area (Å²) in [6.45, 7) is 0. The first-order chi connectivity index (χ1) is 19.6. The van der Waals surface area contributed by atoms with Crippen molar-refractivity contribution in [3.05, 3.63) is 150 Å². The van der Waals surface area contributed by atoms with Gasteiger partial charge in [-0.2, -0.15) is 0 Å². The first-order valence-corrected chi connectivity index (χ1v) is 13.9. The summed E-state index contributed by atoms with van der Waals surface area (Å²) in [6.07, 6.45) is 0. The van der Waals surface area contributed by atoms with Gasteiger partial charge in [0.1, 0.15) is 0 Å². The smallest absolute Gasteiger partial charge is 0.0703 e. The topological polar surface area (TPSA) is 17.0 Å². The van der Waals surface area contributed by atoms with Crippen LogP contribution >= 0.6 is 23.2 Å². The van der Waals surface area contributed by atoms with Gasteiger partial charge in [0.25, 0.3) is 0 Å². The van der Waals surface area contributed by atoms with Crippen molar-refractivity contribution in [3.8, 4) is 27.9 Å². The molecule has 0 fully saturated rings. The van der Waals surface area contributed by atoms with Crippen molar-refractivity contribution < 1.29 is 0 Å². The molecule has 1 heterocycles. The number of nitrogens with one attached hydrogen (secondary N) is 1. The van der Waals surface area contributed by atoms with E-state index in [-0.39, 0.29) is 0 Å². The van der Waals surface area contributed by atoms with Gasteiger partial charge in [-0.25, -0.2) is 0 Å². The van der Waals surface area contributed by atoms with Gasteiger partial charge in [-0.15, -0.1) is 0 Å². The third-order valence-electron chi connectivity index (χ3n) is 7.31. The van der Waals surface area contributed by atoms with Crippen LogP contribution in [0.15, 0.2) is 140 Å². The Morgan fingerprint density at radius 2 is 0.950 bits per heavy atom. The molecule has 6 aromatic carbocycles. The summed E-state index contributed by atoms with van der Waals surface area (Å²) in [5.41, 5.74) is 9.86. The molecular formula is C36H24Cl2N2. The molecule has 7 rings (SSSR count). The number of hydrogen-bond donors (Lipinski definition) is 1. The van der Waals surface area contributed by atoms with E-state index in [1.54, 1.807) is 0 Å². The number of benzene rings is 6. The van der Waals surface area contributed by atoms with E-state index in [1.807, 2.05) is 36.4 Å². The van der Waals surface area contributed by atoms with Crippen molar-refractivity contribution in [3.63, 3.8) is 0 Å². The second-order valence-electron chi connectivity index (χ2n) is 9.82. The third-order valence-corrected chi connectivity index (χ3v) is 7.78. The van der Waals surface area contributed by atoms with Gasteiger partial charge in [0, 0.05) is 26.5 Å². The zero-order chi connectivity index (χ0) is 27.1. The summed E-state index contributed by atoms with van der Waals surface area (Å²) in [4.78, 5) is 0. The van der Waals surface area contributed by atoms with Gasteiger partial charge >= 0.3 is 0 Å². The Bertz CT molecular complexity index is 1920. The normalized spacial score (nSPS) is 11.2. The maximum absolute atomic E-state index is 6.46. The highest BCUT2D eigenvalue weighted by atomic mass is 35.5. The van der Waals surface area contributed by atoms with Gasteiger partial charge in [0.15, 0.2) is 0 Å². The highest BCUT2D eigenvalue weighted by Crippen LogP contribution is 2.39. The van der Waals surface area contributed by atoms with Gasteiger partial charge in [-0.1, -0.05) is 102 Å². The van der Waals surface area contributed by atoms with E-state index in [0.29, 0.717) is 10.0 Å². The van der Waals surface area contributed by atoms with Crippen molar-refractivity contribution >= 4 is 56.4 Å². The minimum absolute atomic E-state index is 0.696. The number of rotatable bonds is 5. The van der Waals surface area contributed by atoms with E-state index in [0.717, 1.165) is 50.0 Å². The lowest BCUT2D eigenvalue weighted by molar-refractivity contribution is 1.18. The van der Waals surface area contributed by atoms with Crippen LogP contribution in [0.1, 0.15) is 0 Å². The first-order valence-electron chi connectivity index (χ1n) is 13.2. The molecule has 0 aliphatic heterocycles. The van der Waals surface area contributed by atoms with E-state index in [2.05, 4.69) is 113 Å². The molecule has 0 aliphatic carbocycles. The van der Waals surface area contributed by atoms with Gasteiger partial charge in [0.2, 0.25) is 0 Å². The molecule has 40 heavy (non-hydrogen) atoms. The Morgan fingerprint density at radius 3 is 1.52 bits per heavy atom. The monoisotopic (exact) mass is 554 g/mol. The summed E-state index contributed by atoms with van der Waals surface area (Å²) in [5.74, 6) is 0. The molecule has 7 aromatic rings. The Hall–Kier alpha value is -4.50. The molecule has 1 aromatic heterocycles. The molecule has 4 heteroatoms. The third kappa shape index (κ3) is 4.52. The molecule has 0 radical (unpaired) electrons. The second kappa shape index (κ2) is 10.2. The van der Waals surface area contributed by atoms with Gasteiger partial charge in [0.05, 0.1) is 22.4 Å². The van der Waals surface area contributed by atoms with Crippen LogP contribution < -0.4 is 5.32 Å². The molecule has 0 saturated heterocycles. The van der Waals surface area contributed by atoms with E-state index < -0.39 is 0 Å². The highest BCUT2D eigenvalue weighted by Gasteiger charge is 2.17. The fraction of sp³-hybridized carbons (Fsp3) is 0. The van der Waals surface area contributed by atoms with Gasteiger partial charge < -0.3 is 9.88 Å². The van der Waals surface area contributed by atoms with Crippen molar-refractivity contribution in [1.82, 2.24) is 4.57 Å². The van der Waals surface area contributed by atoms with Gasteiger partial charge in [-0.3, -0.25) is 0 Å². The van der Waals surface area contributed by atoms with Crippen molar-refractivity contribution in [1.29, 1.82) is 0 Å². The molecule has 0 atom stereocenters. The van der Waals surface area contributed by atoms with E-state index in [1.165, 1.54) is 11.1 Å². The maximum atomic E-state index is 6.46. The summed E-state index contributed by atoms with van der Waals surface area (Å²) in [5, 5.41) is 7.22. The summed E-state index contributed by atoms with van der Waals surface area (Å²) < 4.78 is 2.30. The van der Waals surface area contributed by atoms with Crippen molar-refractivity contribution in [2.45, 2.75) is 0 Å². The lowest BCUT2D eigenvalue weighted by Crippen LogP contribution is -2.01. The van der Waals surface area contributed by atoms with Crippen LogP contribution in [0.2, 0.25) is 10.0 Å². The lowest BCUT2D eigenvalue weighted by Gasteiger charge is -2.17. The van der Waals surface area contributed by atoms with E-state index in [9.17, 15) is 0 Å². The molecule has 0 spiro atoms. The molecule has 0 unspecified atom stereocenters. The zero-order valence-electron chi connectivity index (χ0n) is 21.5. The summed E-state index contributed by atoms with van der Waals surface area (Å²) in [7, 11) is 0. The zero-order valence-corrected chi connectivity index (χ0v) is 23.0. The van der Waals surface area contributed by atoms with Crippen LogP contribution in [0.5, 0.6) is 0 Å². The minimum Gasteiger partial charge on any atom is -0.354 e. The standard InChI is InChI=1S/C36H24Cl2N2/c37-28-14-19-34-31(22-28)32-23-29(38)15-20-35(32)40(34)36-21-27(25-9-5-2-6-10-25)13-18-33(36)39-30-16-11-26(12-17-30)24-7-3-1-4-8-24/h1-23,39H. The minimum atomic E-state index is 0.696. The van der Waals surface area contributed by atoms with E-state index >= 15 is 0 Å². The number of halogens is 2. The lowest BCUT2D eigenvalue weighted by atomic mass is 10.0. The molecule has 0 saturated carbocycles. The second-order valence-corrected chi connectivity index (χ2v) is 10.7. The summed E-state index contributed by atoms with van der Waals surface area (Å²) in [6, 6.07) is 48.1. The van der Waals surface area contributed by atoms with Crippen LogP contribution in [0.4, 0.5) is 11.4 Å². The quantitative estimate of drug-likeness (QED) is 0.224. The molecule has 0 amide bonds. The summed E-state index contributed by atoms with van der Waals surface area (Å²) >= 11 is 12.9. The number of nitrogens with zero attached hydrogens (tertiary/aromatic N) is 1. The predicted molar refractivity (Wildman–Crippen MR) is 171 cm³/mol. The molecular weight excluding hydrogens is 531 g/mol. The van der Waals surface area contributed by atoms with Crippen molar-refractivity contribution in [2.75, 3.05) is 5.32 Å².